The minimum absolute atomic E-state index is 0.0460. The first-order chi connectivity index (χ1) is 28.3. The van der Waals surface area contributed by atoms with E-state index < -0.39 is 60.6 Å². The average Bonchev–Trinajstić information content (AvgIpc) is 3.79. The molecule has 3 aromatic rings. The second-order valence-electron chi connectivity index (χ2n) is 15.5. The Kier molecular flexibility index (Phi) is 15.0. The lowest BCUT2D eigenvalue weighted by atomic mass is 10.0. The Bertz CT molecular complexity index is 2180. The van der Waals surface area contributed by atoms with E-state index in [2.05, 4.69) is 36.7 Å². The first-order valence-electron chi connectivity index (χ1n) is 18.9. The van der Waals surface area contributed by atoms with Gasteiger partial charge in [0, 0.05) is 50.5 Å². The van der Waals surface area contributed by atoms with Crippen LogP contribution >= 0.6 is 31.3 Å². The molecule has 1 fully saturated rings. The molecule has 0 bridgehead atoms. The predicted molar refractivity (Wildman–Crippen MR) is 227 cm³/mol. The van der Waals surface area contributed by atoms with Gasteiger partial charge >= 0.3 is 23.8 Å². The molecule has 0 aromatic carbocycles. The fourth-order valence-corrected chi connectivity index (χ4v) is 8.26. The zero-order chi connectivity index (χ0) is 43.9. The Morgan fingerprint density at radius 1 is 1.18 bits per heavy atom. The molecular weight excluding hydrogens is 834 g/mol. The van der Waals surface area contributed by atoms with Crippen LogP contribution in [0.3, 0.4) is 0 Å². The van der Waals surface area contributed by atoms with Crippen LogP contribution in [0.4, 0.5) is 14.7 Å². The van der Waals surface area contributed by atoms with Crippen LogP contribution in [0.1, 0.15) is 60.7 Å². The molecule has 2 radical (unpaired) electrons. The van der Waals surface area contributed by atoms with Gasteiger partial charge in [-0.05, 0) is 78.7 Å². The Balaban J connectivity index is 1.32. The third-order valence-electron chi connectivity index (χ3n) is 8.34. The van der Waals surface area contributed by atoms with Crippen molar-refractivity contribution in [2.75, 3.05) is 37.4 Å². The summed E-state index contributed by atoms with van der Waals surface area (Å²) in [5, 5.41) is 8.44. The SMILES string of the molecule is [B]P(C)OC(=O)C1=C(C[n+]2cccc3c2ncn3CCCN(CC=C)C(=O)OC(C)(C)C)CSC2C(NC(=O)/C(=N\OCC)c3nsc(NC(=O)OC(C)(C)C)n3)C(=O)N12. The second-order valence-corrected chi connectivity index (χ2v) is 18.6. The number of nitrogens with zero attached hydrogens (tertiary/aromatic N) is 8. The number of anilines is 1. The Morgan fingerprint density at radius 3 is 2.58 bits per heavy atom. The summed E-state index contributed by atoms with van der Waals surface area (Å²) in [6.45, 7) is 19.2. The lowest BCUT2D eigenvalue weighted by molar-refractivity contribution is -0.664. The number of pyridine rings is 1. The number of ether oxygens (including phenoxy) is 2. The normalized spacial score (nSPS) is 17.3. The molecule has 2 aliphatic heterocycles. The standard InChI is InChI=1S/C37H48BN10O9PS2/c1-10-15-45(35(53)56-37(6,7)8)17-13-18-47-21-39-28-23(47)14-12-16-46(28)19-22-20-59-31-25(30(50)48(31)26(22)32(51)57-58(9)38)40-29(49)24(43-54-11-2)27-41-33(60-44-27)42-34(52)55-36(3,4)5/h10,12,14,16,21,25,31H,1,11,13,15,17-20H2,2-9H3,(H-,40,41,42,44,49,52)/p+1/b43-24-. The highest BCUT2D eigenvalue weighted by Gasteiger charge is 2.55. The molecule has 60 heavy (non-hydrogen) atoms. The van der Waals surface area contributed by atoms with E-state index >= 15 is 0 Å². The minimum Gasteiger partial charge on any atom is -0.452 e. The van der Waals surface area contributed by atoms with Crippen LogP contribution in [-0.2, 0) is 46.3 Å². The molecule has 5 rings (SSSR count). The molecule has 0 aliphatic carbocycles. The maximum Gasteiger partial charge on any atom is 0.414 e. The summed E-state index contributed by atoms with van der Waals surface area (Å²) in [4.78, 5) is 83.2. The van der Waals surface area contributed by atoms with Gasteiger partial charge in [0.2, 0.25) is 23.0 Å². The first kappa shape index (κ1) is 46.0. The Labute approximate surface area is 358 Å². The van der Waals surface area contributed by atoms with Crippen molar-refractivity contribution >= 4 is 90.9 Å². The van der Waals surface area contributed by atoms with Gasteiger partial charge in [0.05, 0.1) is 6.20 Å². The molecule has 19 nitrogen and oxygen atoms in total. The monoisotopic (exact) mass is 883 g/mol. The van der Waals surface area contributed by atoms with Crippen LogP contribution in [0.25, 0.3) is 11.2 Å². The molecule has 1 saturated heterocycles. The first-order valence-corrected chi connectivity index (χ1v) is 22.5. The number of aryl methyl sites for hydroxylation is 1. The Morgan fingerprint density at radius 2 is 1.92 bits per heavy atom. The summed E-state index contributed by atoms with van der Waals surface area (Å²) in [6, 6.07) is 2.74. The molecule has 320 valence electrons. The number of thioether (sulfide) groups is 1. The number of β-lactam (4-membered cyclic amide) rings is 1. The van der Waals surface area contributed by atoms with E-state index in [0.717, 1.165) is 17.0 Å². The van der Waals surface area contributed by atoms with Crippen molar-refractivity contribution in [3.63, 3.8) is 0 Å². The summed E-state index contributed by atoms with van der Waals surface area (Å²) in [5.74, 6) is -1.96. The second kappa shape index (κ2) is 19.5. The number of nitrogens with one attached hydrogen (secondary N) is 2. The predicted octanol–water partition coefficient (Wildman–Crippen LogP) is 4.08. The van der Waals surface area contributed by atoms with Crippen LogP contribution in [0, 0.1) is 0 Å². The van der Waals surface area contributed by atoms with Crippen molar-refractivity contribution in [2.24, 2.45) is 5.16 Å². The summed E-state index contributed by atoms with van der Waals surface area (Å²) in [6.07, 6.45) is 4.65. The van der Waals surface area contributed by atoms with E-state index in [-0.39, 0.29) is 35.5 Å². The lowest BCUT2D eigenvalue weighted by Gasteiger charge is -2.49. The number of aromatic nitrogens is 5. The molecule has 3 unspecified atom stereocenters. The molecule has 5 heterocycles. The van der Waals surface area contributed by atoms with Crippen molar-refractivity contribution in [2.45, 2.75) is 90.6 Å². The van der Waals surface area contributed by atoms with Crippen molar-refractivity contribution in [3.05, 3.63) is 54.4 Å². The molecule has 3 atom stereocenters. The molecule has 4 amide bonds. The van der Waals surface area contributed by atoms with Crippen molar-refractivity contribution in [1.82, 2.24) is 34.0 Å². The number of carbonyl (C=O) groups excluding carboxylic acids is 5. The van der Waals surface area contributed by atoms with Crippen LogP contribution in [0.15, 0.2) is 53.7 Å². The average molecular weight is 884 g/mol. The maximum absolute atomic E-state index is 13.9. The smallest absolute Gasteiger partial charge is 0.414 e. The fraction of sp³-hybridized carbons (Fsp3) is 0.514. The van der Waals surface area contributed by atoms with Gasteiger partial charge in [-0.1, -0.05) is 11.2 Å². The fourth-order valence-electron chi connectivity index (χ4n) is 6.02. The van der Waals surface area contributed by atoms with Crippen molar-refractivity contribution in [1.29, 1.82) is 0 Å². The van der Waals surface area contributed by atoms with Crippen molar-refractivity contribution < 1.29 is 47.4 Å². The molecule has 3 aromatic heterocycles. The van der Waals surface area contributed by atoms with Gasteiger partial charge in [0.25, 0.3) is 11.8 Å². The lowest BCUT2D eigenvalue weighted by Crippen LogP contribution is -2.71. The molecule has 0 saturated carbocycles. The molecule has 0 spiro atoms. The van der Waals surface area contributed by atoms with E-state index in [0.29, 0.717) is 43.0 Å². The number of oxime groups is 1. The quantitative estimate of drug-likeness (QED) is 0.0396. The molecule has 2 aliphatic rings. The van der Waals surface area contributed by atoms with Crippen LogP contribution in [0.2, 0.25) is 0 Å². The molecule has 2 N–H and O–H groups in total. The number of carbonyl (C=O) groups is 5. The van der Waals surface area contributed by atoms with Gasteiger partial charge in [-0.25, -0.2) is 19.0 Å². The van der Waals surface area contributed by atoms with E-state index in [9.17, 15) is 24.0 Å². The van der Waals surface area contributed by atoms with Crippen LogP contribution in [-0.4, -0.2) is 127 Å². The highest BCUT2D eigenvalue weighted by atomic mass is 32.2. The summed E-state index contributed by atoms with van der Waals surface area (Å²) < 4.78 is 24.3. The van der Waals surface area contributed by atoms with Gasteiger partial charge in [0.1, 0.15) is 47.0 Å². The maximum atomic E-state index is 13.9. The van der Waals surface area contributed by atoms with Crippen molar-refractivity contribution in [3.8, 4) is 0 Å². The molecule has 23 heteroatoms. The third kappa shape index (κ3) is 11.6. The highest BCUT2D eigenvalue weighted by Crippen LogP contribution is 2.42. The number of fused-ring (bicyclic) bond motifs is 2. The summed E-state index contributed by atoms with van der Waals surface area (Å²) in [7, 11) is 4.29. The number of hydrogen-bond acceptors (Lipinski definition) is 15. The van der Waals surface area contributed by atoms with Gasteiger partial charge in [-0.2, -0.15) is 9.36 Å². The number of amides is 4. The third-order valence-corrected chi connectivity index (χ3v) is 10.8. The van der Waals surface area contributed by atoms with Gasteiger partial charge in [0.15, 0.2) is 7.57 Å². The summed E-state index contributed by atoms with van der Waals surface area (Å²) >= 11 is 2.15. The highest BCUT2D eigenvalue weighted by molar-refractivity contribution is 8.00. The van der Waals surface area contributed by atoms with E-state index in [1.165, 1.54) is 16.7 Å². The number of hydrogen-bond donors (Lipinski definition) is 2. The van der Waals surface area contributed by atoms with E-state index in [4.69, 9.17) is 26.4 Å². The van der Waals surface area contributed by atoms with Gasteiger partial charge in [-0.3, -0.25) is 19.8 Å². The zero-order valence-corrected chi connectivity index (χ0v) is 37.3. The van der Waals surface area contributed by atoms with Crippen LogP contribution in [0.5, 0.6) is 0 Å². The topological polar surface area (TPSA) is 213 Å². The summed E-state index contributed by atoms with van der Waals surface area (Å²) in [5.41, 5.74) is 0.394. The molecular formula is C37H49BN10O9PS2+. The minimum atomic E-state index is -1.63. The largest absolute Gasteiger partial charge is 0.452 e. The van der Waals surface area contributed by atoms with Gasteiger partial charge < -0.3 is 33.6 Å². The number of rotatable bonds is 16. The Hall–Kier alpha value is -5.08. The van der Waals surface area contributed by atoms with E-state index in [1.54, 1.807) is 51.7 Å². The van der Waals surface area contributed by atoms with Crippen LogP contribution < -0.4 is 15.2 Å². The van der Waals surface area contributed by atoms with Gasteiger partial charge in [-0.15, -0.1) is 18.3 Å². The van der Waals surface area contributed by atoms with E-state index in [1.807, 2.05) is 48.2 Å². The zero-order valence-electron chi connectivity index (χ0n) is 34.8. The number of imidazole rings is 1.